The number of aromatic nitrogens is 1. The van der Waals surface area contributed by atoms with E-state index >= 15 is 0 Å². The van der Waals surface area contributed by atoms with E-state index in [9.17, 15) is 4.39 Å². The summed E-state index contributed by atoms with van der Waals surface area (Å²) in [5, 5.41) is 0. The van der Waals surface area contributed by atoms with E-state index in [1.54, 1.807) is 6.07 Å². The maximum Gasteiger partial charge on any atom is 0.213 e. The predicted octanol–water partition coefficient (Wildman–Crippen LogP) is 1.28. The second-order valence-electron chi connectivity index (χ2n) is 2.69. The highest BCUT2D eigenvalue weighted by atomic mass is 19.1. The van der Waals surface area contributed by atoms with Crippen molar-refractivity contribution in [2.45, 2.75) is 6.54 Å². The number of hydrogen-bond donors (Lipinski definition) is 0. The third-order valence-corrected chi connectivity index (χ3v) is 1.25. The maximum atomic E-state index is 12.5. The molecule has 0 saturated carbocycles. The van der Waals surface area contributed by atoms with Crippen LogP contribution in [0.4, 0.5) is 4.39 Å². The van der Waals surface area contributed by atoms with E-state index in [2.05, 4.69) is 4.98 Å². The molecule has 0 unspecified atom stereocenters. The molecule has 0 fully saturated rings. The maximum absolute atomic E-state index is 12.5. The van der Waals surface area contributed by atoms with Gasteiger partial charge in [0.15, 0.2) is 0 Å². The van der Waals surface area contributed by atoms with Crippen LogP contribution in [0.2, 0.25) is 0 Å². The average molecular weight is 154 g/mol. The van der Waals surface area contributed by atoms with E-state index < -0.39 is 5.95 Å². The third kappa shape index (κ3) is 2.63. The highest BCUT2D eigenvalue weighted by Crippen LogP contribution is 1.99. The Bertz CT molecular complexity index is 235. The topological polar surface area (TPSA) is 16.1 Å². The van der Waals surface area contributed by atoms with Crippen LogP contribution in [0.1, 0.15) is 5.69 Å². The van der Waals surface area contributed by atoms with E-state index in [-0.39, 0.29) is 0 Å². The van der Waals surface area contributed by atoms with Crippen molar-refractivity contribution in [1.29, 1.82) is 0 Å². The number of hydrogen-bond acceptors (Lipinski definition) is 2. The van der Waals surface area contributed by atoms with Crippen LogP contribution < -0.4 is 0 Å². The Hall–Kier alpha value is -0.960. The van der Waals surface area contributed by atoms with Gasteiger partial charge in [-0.25, -0.2) is 4.98 Å². The van der Waals surface area contributed by atoms with Gasteiger partial charge in [-0.2, -0.15) is 4.39 Å². The molecule has 0 amide bonds. The Balaban J connectivity index is 2.71. The molecule has 11 heavy (non-hydrogen) atoms. The lowest BCUT2D eigenvalue weighted by Crippen LogP contribution is -2.12. The highest BCUT2D eigenvalue weighted by molar-refractivity contribution is 5.04. The van der Waals surface area contributed by atoms with Gasteiger partial charge in [0.05, 0.1) is 5.69 Å². The van der Waals surface area contributed by atoms with Crippen LogP contribution in [0.5, 0.6) is 0 Å². The number of rotatable bonds is 2. The van der Waals surface area contributed by atoms with Gasteiger partial charge >= 0.3 is 0 Å². The van der Waals surface area contributed by atoms with Gasteiger partial charge in [0.2, 0.25) is 5.95 Å². The van der Waals surface area contributed by atoms with E-state index in [4.69, 9.17) is 0 Å². The third-order valence-electron chi connectivity index (χ3n) is 1.25. The van der Waals surface area contributed by atoms with Gasteiger partial charge in [0.1, 0.15) is 0 Å². The Kier molecular flexibility index (Phi) is 2.54. The first kappa shape index (κ1) is 8.14. The lowest BCUT2D eigenvalue weighted by atomic mass is 10.3. The van der Waals surface area contributed by atoms with Crippen molar-refractivity contribution in [3.8, 4) is 0 Å². The molecule has 0 radical (unpaired) electrons. The normalized spacial score (nSPS) is 10.5. The molecule has 0 bridgehead atoms. The van der Waals surface area contributed by atoms with Crippen LogP contribution in [0.25, 0.3) is 0 Å². The standard InChI is InChI=1S/C8H11FN2/c1-11(2)6-7-4-3-5-8(9)10-7/h3-5H,6H2,1-2H3. The second kappa shape index (κ2) is 3.44. The van der Waals surface area contributed by atoms with Crippen molar-refractivity contribution in [3.63, 3.8) is 0 Å². The molecule has 3 heteroatoms. The quantitative estimate of drug-likeness (QED) is 0.596. The Labute approximate surface area is 65.7 Å². The zero-order valence-electron chi connectivity index (χ0n) is 6.71. The summed E-state index contributed by atoms with van der Waals surface area (Å²) in [7, 11) is 3.85. The number of halogens is 1. The van der Waals surface area contributed by atoms with Crippen LogP contribution in [0.3, 0.4) is 0 Å². The van der Waals surface area contributed by atoms with Crippen molar-refractivity contribution in [2.75, 3.05) is 14.1 Å². The van der Waals surface area contributed by atoms with Gasteiger partial charge in [-0.05, 0) is 26.2 Å². The highest BCUT2D eigenvalue weighted by Gasteiger charge is 1.96. The zero-order chi connectivity index (χ0) is 8.27. The molecule has 1 aromatic heterocycles. The number of nitrogens with zero attached hydrogens (tertiary/aromatic N) is 2. The van der Waals surface area contributed by atoms with E-state index in [0.29, 0.717) is 6.54 Å². The molecule has 60 valence electrons. The minimum absolute atomic E-state index is 0.413. The summed E-state index contributed by atoms with van der Waals surface area (Å²) < 4.78 is 12.5. The predicted molar refractivity (Wildman–Crippen MR) is 41.6 cm³/mol. The first-order valence-corrected chi connectivity index (χ1v) is 3.44. The van der Waals surface area contributed by atoms with Crippen molar-refractivity contribution < 1.29 is 4.39 Å². The molecule has 2 nitrogen and oxygen atoms in total. The molecule has 1 heterocycles. The average Bonchev–Trinajstić information content (AvgIpc) is 1.85. The van der Waals surface area contributed by atoms with E-state index in [0.717, 1.165) is 5.69 Å². The summed E-state index contributed by atoms with van der Waals surface area (Å²) in [5.41, 5.74) is 0.759. The molecular formula is C8H11FN2. The fraction of sp³-hybridized carbons (Fsp3) is 0.375. The van der Waals surface area contributed by atoms with Crippen LogP contribution in [-0.4, -0.2) is 24.0 Å². The lowest BCUT2D eigenvalue weighted by Gasteiger charge is -2.07. The molecule has 1 rings (SSSR count). The smallest absolute Gasteiger partial charge is 0.213 e. The summed E-state index contributed by atoms with van der Waals surface area (Å²) in [4.78, 5) is 5.65. The molecule has 0 aliphatic rings. The van der Waals surface area contributed by atoms with Gasteiger partial charge < -0.3 is 4.90 Å². The van der Waals surface area contributed by atoms with Gasteiger partial charge in [-0.3, -0.25) is 0 Å². The van der Waals surface area contributed by atoms with Crippen LogP contribution in [-0.2, 0) is 6.54 Å². The van der Waals surface area contributed by atoms with Crippen molar-refractivity contribution in [3.05, 3.63) is 29.8 Å². The monoisotopic (exact) mass is 154 g/mol. The fourth-order valence-corrected chi connectivity index (χ4v) is 0.862. The van der Waals surface area contributed by atoms with Gasteiger partial charge in [-0.1, -0.05) is 6.07 Å². The van der Waals surface area contributed by atoms with Crippen molar-refractivity contribution in [2.24, 2.45) is 0 Å². The van der Waals surface area contributed by atoms with Gasteiger partial charge in [0, 0.05) is 6.54 Å². The second-order valence-corrected chi connectivity index (χ2v) is 2.69. The van der Waals surface area contributed by atoms with Crippen molar-refractivity contribution >= 4 is 0 Å². The first-order chi connectivity index (χ1) is 5.18. The molecule has 0 aromatic carbocycles. The van der Waals surface area contributed by atoms with E-state index in [1.807, 2.05) is 25.1 Å². The van der Waals surface area contributed by atoms with Gasteiger partial charge in [0.25, 0.3) is 0 Å². The summed E-state index contributed by atoms with van der Waals surface area (Å²) in [6, 6.07) is 4.82. The minimum atomic E-state index is -0.413. The summed E-state index contributed by atoms with van der Waals surface area (Å²) in [6.07, 6.45) is 0. The SMILES string of the molecule is CN(C)Cc1cccc(F)n1. The van der Waals surface area contributed by atoms with E-state index in [1.165, 1.54) is 6.07 Å². The summed E-state index contributed by atoms with van der Waals surface area (Å²) in [6.45, 7) is 0.678. The van der Waals surface area contributed by atoms with Crippen LogP contribution in [0, 0.1) is 5.95 Å². The molecule has 0 aliphatic heterocycles. The molecule has 0 saturated heterocycles. The Morgan fingerprint density at radius 2 is 2.18 bits per heavy atom. The van der Waals surface area contributed by atoms with Crippen molar-refractivity contribution in [1.82, 2.24) is 9.88 Å². The van der Waals surface area contributed by atoms with Crippen LogP contribution in [0.15, 0.2) is 18.2 Å². The molecular weight excluding hydrogens is 143 g/mol. The zero-order valence-corrected chi connectivity index (χ0v) is 6.71. The molecule has 0 atom stereocenters. The summed E-state index contributed by atoms with van der Waals surface area (Å²) >= 11 is 0. The largest absolute Gasteiger partial charge is 0.304 e. The molecule has 0 aliphatic carbocycles. The minimum Gasteiger partial charge on any atom is -0.304 e. The molecule has 0 N–H and O–H groups in total. The van der Waals surface area contributed by atoms with Crippen LogP contribution >= 0.6 is 0 Å². The Morgan fingerprint density at radius 3 is 2.73 bits per heavy atom. The Morgan fingerprint density at radius 1 is 1.45 bits per heavy atom. The number of pyridine rings is 1. The molecule has 1 aromatic rings. The summed E-state index contributed by atoms with van der Waals surface area (Å²) in [5.74, 6) is -0.413. The lowest BCUT2D eigenvalue weighted by molar-refractivity contribution is 0.393. The molecule has 0 spiro atoms. The first-order valence-electron chi connectivity index (χ1n) is 3.44. The van der Waals surface area contributed by atoms with Gasteiger partial charge in [-0.15, -0.1) is 0 Å². The fourth-order valence-electron chi connectivity index (χ4n) is 0.862.